The molecular formula is C31H28Cl2N8O5. The molecule has 0 radical (unpaired) electrons. The maximum Gasteiger partial charge on any atom is 0.332 e. The van der Waals surface area contributed by atoms with E-state index >= 15 is 0 Å². The number of hydrazone groups is 1. The molecule has 15 heteroatoms. The van der Waals surface area contributed by atoms with E-state index in [0.29, 0.717) is 49.6 Å². The smallest absolute Gasteiger partial charge is 0.332 e. The summed E-state index contributed by atoms with van der Waals surface area (Å²) in [5, 5.41) is 14.8. The first-order valence-electron chi connectivity index (χ1n) is 13.7. The van der Waals surface area contributed by atoms with Crippen LogP contribution in [-0.2, 0) is 32.0 Å². The summed E-state index contributed by atoms with van der Waals surface area (Å²) < 4.78 is 20.8. The third kappa shape index (κ3) is 6.32. The molecule has 0 amide bonds. The Kier molecular flexibility index (Phi) is 9.43. The molecule has 236 valence electrons. The van der Waals surface area contributed by atoms with Crippen LogP contribution in [0.2, 0.25) is 10.0 Å². The maximum atomic E-state index is 13.3. The lowest BCUT2D eigenvalue weighted by molar-refractivity contribution is 0.184. The zero-order chi connectivity index (χ0) is 33.1. The van der Waals surface area contributed by atoms with Gasteiger partial charge in [0.2, 0.25) is 0 Å². The van der Waals surface area contributed by atoms with Gasteiger partial charge in [0.1, 0.15) is 11.6 Å². The molecule has 0 aliphatic rings. The molecule has 0 atom stereocenters. The van der Waals surface area contributed by atoms with E-state index in [1.165, 1.54) is 32.0 Å². The van der Waals surface area contributed by atoms with Crippen molar-refractivity contribution in [2.24, 2.45) is 19.2 Å². The molecule has 0 fully saturated rings. The van der Waals surface area contributed by atoms with Crippen molar-refractivity contribution in [2.75, 3.05) is 19.6 Å². The standard InChI is InChI=1S/C31H28Cl2N8O5/c1-17-10-20(16-44-4)22(13-34)27(36-17)38-35-14-18-6-9-24(25(11-18)45-5)46-30-37-28-26(29(42)40(3)31(43)39(28)2)41(30)15-19-7-8-21(32)12-23(19)33/h6-12,14H,15-16H2,1-5H3,(H,36,38)/b35-14-. The number of fused-ring (bicyclic) bond motifs is 1. The van der Waals surface area contributed by atoms with Gasteiger partial charge in [0, 0.05) is 42.5 Å². The molecule has 5 aromatic rings. The van der Waals surface area contributed by atoms with Gasteiger partial charge in [-0.2, -0.15) is 15.3 Å². The molecule has 0 unspecified atom stereocenters. The highest BCUT2D eigenvalue weighted by molar-refractivity contribution is 6.35. The summed E-state index contributed by atoms with van der Waals surface area (Å²) in [5.74, 6) is 0.921. The van der Waals surface area contributed by atoms with E-state index in [1.807, 2.05) is 6.92 Å². The number of aryl methyl sites for hydroxylation is 2. The third-order valence-corrected chi connectivity index (χ3v) is 7.66. The number of ether oxygens (including phenoxy) is 3. The molecule has 5 rings (SSSR count). The number of halogens is 2. The number of benzene rings is 2. The molecule has 46 heavy (non-hydrogen) atoms. The van der Waals surface area contributed by atoms with E-state index in [9.17, 15) is 14.9 Å². The van der Waals surface area contributed by atoms with Crippen molar-refractivity contribution in [3.8, 4) is 23.6 Å². The number of hydrogen-bond acceptors (Lipinski definition) is 10. The summed E-state index contributed by atoms with van der Waals surface area (Å²) in [4.78, 5) is 34.9. The van der Waals surface area contributed by atoms with Crippen molar-refractivity contribution in [1.29, 1.82) is 5.26 Å². The van der Waals surface area contributed by atoms with Crippen LogP contribution in [0, 0.1) is 18.3 Å². The van der Waals surface area contributed by atoms with Crippen molar-refractivity contribution in [3.05, 3.63) is 101 Å². The number of nitrogens with zero attached hydrogens (tertiary/aromatic N) is 7. The Labute approximate surface area is 272 Å². The Hall–Kier alpha value is -5.16. The molecule has 2 aromatic carbocycles. The predicted octanol–water partition coefficient (Wildman–Crippen LogP) is 4.76. The van der Waals surface area contributed by atoms with Gasteiger partial charge in [-0.1, -0.05) is 29.3 Å². The Balaban J connectivity index is 1.50. The van der Waals surface area contributed by atoms with E-state index in [4.69, 9.17) is 37.4 Å². The number of nitriles is 1. The molecule has 1 N–H and O–H groups in total. The van der Waals surface area contributed by atoms with Gasteiger partial charge in [0.25, 0.3) is 5.56 Å². The highest BCUT2D eigenvalue weighted by atomic mass is 35.5. The normalized spacial score (nSPS) is 11.3. The van der Waals surface area contributed by atoms with Crippen LogP contribution in [0.3, 0.4) is 0 Å². The van der Waals surface area contributed by atoms with Crippen molar-refractivity contribution < 1.29 is 14.2 Å². The van der Waals surface area contributed by atoms with Gasteiger partial charge in [-0.25, -0.2) is 9.78 Å². The molecular weight excluding hydrogens is 635 g/mol. The first-order valence-corrected chi connectivity index (χ1v) is 14.5. The second-order valence-corrected chi connectivity index (χ2v) is 11.0. The number of aromatic nitrogens is 5. The molecule has 0 spiro atoms. The van der Waals surface area contributed by atoms with Crippen LogP contribution in [0.4, 0.5) is 5.82 Å². The van der Waals surface area contributed by atoms with Gasteiger partial charge >= 0.3 is 11.7 Å². The Bertz CT molecular complexity index is 2160. The average molecular weight is 664 g/mol. The lowest BCUT2D eigenvalue weighted by Crippen LogP contribution is -2.37. The van der Waals surface area contributed by atoms with Gasteiger partial charge in [-0.15, -0.1) is 0 Å². The molecule has 0 saturated carbocycles. The molecule has 13 nitrogen and oxygen atoms in total. The fraction of sp³-hybridized carbons (Fsp3) is 0.226. The second kappa shape index (κ2) is 13.5. The first kappa shape index (κ1) is 32.2. The van der Waals surface area contributed by atoms with Crippen LogP contribution in [0.15, 0.2) is 57.2 Å². The van der Waals surface area contributed by atoms with E-state index in [-0.39, 0.29) is 36.1 Å². The summed E-state index contributed by atoms with van der Waals surface area (Å²) in [6.07, 6.45) is 1.53. The van der Waals surface area contributed by atoms with Crippen molar-refractivity contribution in [2.45, 2.75) is 20.1 Å². The van der Waals surface area contributed by atoms with E-state index in [2.05, 4.69) is 26.6 Å². The number of pyridine rings is 1. The minimum Gasteiger partial charge on any atom is -0.493 e. The van der Waals surface area contributed by atoms with Crippen LogP contribution in [0.1, 0.15) is 27.9 Å². The van der Waals surface area contributed by atoms with Gasteiger partial charge < -0.3 is 14.2 Å². The summed E-state index contributed by atoms with van der Waals surface area (Å²) in [7, 11) is 5.94. The minimum absolute atomic E-state index is 0.0297. The van der Waals surface area contributed by atoms with Crippen LogP contribution < -0.4 is 26.1 Å². The number of anilines is 1. The molecule has 0 aliphatic carbocycles. The summed E-state index contributed by atoms with van der Waals surface area (Å²) in [6.45, 7) is 2.17. The largest absolute Gasteiger partial charge is 0.493 e. The number of methoxy groups -OCH3 is 2. The summed E-state index contributed by atoms with van der Waals surface area (Å²) in [5.41, 5.74) is 5.05. The Morgan fingerprint density at radius 1 is 1.02 bits per heavy atom. The second-order valence-electron chi connectivity index (χ2n) is 10.2. The predicted molar refractivity (Wildman–Crippen MR) is 174 cm³/mol. The van der Waals surface area contributed by atoms with Crippen LogP contribution >= 0.6 is 23.2 Å². The fourth-order valence-electron chi connectivity index (χ4n) is 4.80. The third-order valence-electron chi connectivity index (χ3n) is 7.07. The minimum atomic E-state index is -0.548. The van der Waals surface area contributed by atoms with Crippen LogP contribution in [-0.4, -0.2) is 44.1 Å². The number of imidazole rings is 1. The molecule has 0 saturated heterocycles. The Morgan fingerprint density at radius 3 is 2.50 bits per heavy atom. The molecule has 3 heterocycles. The zero-order valence-electron chi connectivity index (χ0n) is 25.5. The molecule has 0 aliphatic heterocycles. The first-order chi connectivity index (χ1) is 22.1. The van der Waals surface area contributed by atoms with Crippen LogP contribution in [0.25, 0.3) is 11.2 Å². The highest BCUT2D eigenvalue weighted by Gasteiger charge is 2.22. The maximum absolute atomic E-state index is 13.3. The highest BCUT2D eigenvalue weighted by Crippen LogP contribution is 2.34. The van der Waals surface area contributed by atoms with Crippen molar-refractivity contribution >= 4 is 46.4 Å². The van der Waals surface area contributed by atoms with E-state index in [1.54, 1.807) is 54.1 Å². The quantitative estimate of drug-likeness (QED) is 0.165. The Morgan fingerprint density at radius 2 is 1.80 bits per heavy atom. The van der Waals surface area contributed by atoms with E-state index in [0.717, 1.165) is 4.57 Å². The number of nitrogens with one attached hydrogen (secondary N) is 1. The fourth-order valence-corrected chi connectivity index (χ4v) is 5.27. The van der Waals surface area contributed by atoms with Crippen molar-refractivity contribution in [3.63, 3.8) is 0 Å². The lowest BCUT2D eigenvalue weighted by atomic mass is 10.1. The summed E-state index contributed by atoms with van der Waals surface area (Å²) in [6, 6.07) is 14.0. The topological polar surface area (TPSA) is 151 Å². The molecule has 3 aromatic heterocycles. The van der Waals surface area contributed by atoms with Gasteiger partial charge in [0.15, 0.2) is 28.5 Å². The summed E-state index contributed by atoms with van der Waals surface area (Å²) >= 11 is 12.6. The van der Waals surface area contributed by atoms with Crippen molar-refractivity contribution in [1.82, 2.24) is 23.7 Å². The zero-order valence-corrected chi connectivity index (χ0v) is 27.0. The number of hydrogen-bond donors (Lipinski definition) is 1. The number of rotatable bonds is 10. The van der Waals surface area contributed by atoms with E-state index < -0.39 is 11.2 Å². The van der Waals surface area contributed by atoms with Gasteiger partial charge in [-0.05, 0) is 54.4 Å². The SMILES string of the molecule is COCc1cc(C)nc(N/N=C\c2ccc(Oc3nc4c(c(=O)n(C)c(=O)n4C)n3Cc3ccc(Cl)cc3Cl)c(OC)c2)c1C#N. The van der Waals surface area contributed by atoms with Gasteiger partial charge in [0.05, 0.1) is 26.5 Å². The lowest BCUT2D eigenvalue weighted by Gasteiger charge is -2.13. The monoisotopic (exact) mass is 662 g/mol. The van der Waals surface area contributed by atoms with Crippen LogP contribution in [0.5, 0.6) is 17.5 Å². The average Bonchev–Trinajstić information content (AvgIpc) is 3.38. The molecule has 0 bridgehead atoms. The van der Waals surface area contributed by atoms with Gasteiger partial charge in [-0.3, -0.25) is 23.9 Å².